The molecule has 0 aliphatic carbocycles. The Hall–Kier alpha value is -1.39. The van der Waals surface area contributed by atoms with Gasteiger partial charge in [-0.25, -0.2) is 4.98 Å². The molecule has 2 aromatic heterocycles. The number of fused-ring (bicyclic) bond motifs is 1. The van der Waals surface area contributed by atoms with E-state index in [-0.39, 0.29) is 0 Å². The Bertz CT molecular complexity index is 545. The summed E-state index contributed by atoms with van der Waals surface area (Å²) in [4.78, 5) is 4.52. The summed E-state index contributed by atoms with van der Waals surface area (Å²) in [6.45, 7) is 7.30. The quantitative estimate of drug-likeness (QED) is 0.838. The lowest BCUT2D eigenvalue weighted by Gasteiger charge is -2.23. The largest absolute Gasteiger partial charge is 0.389 e. The average molecular weight is 261 g/mol. The molecule has 0 saturated carbocycles. The highest BCUT2D eigenvalue weighted by atomic mass is 16.3. The van der Waals surface area contributed by atoms with Gasteiger partial charge < -0.3 is 14.8 Å². The van der Waals surface area contributed by atoms with Gasteiger partial charge in [0.15, 0.2) is 0 Å². The predicted molar refractivity (Wildman–Crippen MR) is 77.2 cm³/mol. The highest BCUT2D eigenvalue weighted by Crippen LogP contribution is 2.13. The molecule has 2 aromatic rings. The molecule has 0 saturated heterocycles. The summed E-state index contributed by atoms with van der Waals surface area (Å²) in [6, 6.07) is 6.00. The Morgan fingerprint density at radius 2 is 2.21 bits per heavy atom. The van der Waals surface area contributed by atoms with Crippen molar-refractivity contribution in [1.82, 2.24) is 14.7 Å². The van der Waals surface area contributed by atoms with Crippen LogP contribution in [-0.4, -0.2) is 26.6 Å². The van der Waals surface area contributed by atoms with Crippen LogP contribution in [0.5, 0.6) is 0 Å². The van der Waals surface area contributed by atoms with Crippen LogP contribution in [0.15, 0.2) is 24.4 Å². The lowest BCUT2D eigenvalue weighted by Crippen LogP contribution is -2.37. The van der Waals surface area contributed by atoms with Crippen molar-refractivity contribution in [2.24, 2.45) is 0 Å². The summed E-state index contributed by atoms with van der Waals surface area (Å²) >= 11 is 0. The topological polar surface area (TPSA) is 49.6 Å². The van der Waals surface area contributed by atoms with Crippen molar-refractivity contribution < 1.29 is 5.11 Å². The zero-order valence-electron chi connectivity index (χ0n) is 12.0. The molecule has 0 spiro atoms. The Kier molecular flexibility index (Phi) is 4.22. The van der Waals surface area contributed by atoms with Gasteiger partial charge in [-0.15, -0.1) is 0 Å². The first-order valence-electron chi connectivity index (χ1n) is 6.89. The van der Waals surface area contributed by atoms with Crippen LogP contribution in [0.2, 0.25) is 0 Å². The normalized spacial score (nSPS) is 14.7. The van der Waals surface area contributed by atoms with Crippen molar-refractivity contribution in [2.75, 3.05) is 6.54 Å². The maximum absolute atomic E-state index is 10.1. The molecule has 1 atom stereocenters. The molecule has 19 heavy (non-hydrogen) atoms. The van der Waals surface area contributed by atoms with Crippen molar-refractivity contribution in [3.05, 3.63) is 35.8 Å². The Morgan fingerprint density at radius 1 is 1.42 bits per heavy atom. The van der Waals surface area contributed by atoms with Crippen LogP contribution in [0.25, 0.3) is 5.65 Å². The molecule has 4 nitrogen and oxygen atoms in total. The molecule has 0 radical (unpaired) electrons. The average Bonchev–Trinajstić information content (AvgIpc) is 2.66. The number of aromatic nitrogens is 2. The van der Waals surface area contributed by atoms with Crippen LogP contribution in [0.4, 0.5) is 0 Å². The van der Waals surface area contributed by atoms with Crippen LogP contribution in [0.3, 0.4) is 0 Å². The smallest absolute Gasteiger partial charge is 0.137 e. The van der Waals surface area contributed by atoms with E-state index in [2.05, 4.69) is 21.6 Å². The van der Waals surface area contributed by atoms with Crippen molar-refractivity contribution >= 4 is 5.65 Å². The first kappa shape index (κ1) is 14.0. The number of rotatable bonds is 6. The van der Waals surface area contributed by atoms with E-state index in [1.807, 2.05) is 38.2 Å². The fraction of sp³-hybridized carbons (Fsp3) is 0.533. The number of imidazole rings is 1. The monoisotopic (exact) mass is 261 g/mol. The fourth-order valence-electron chi connectivity index (χ4n) is 2.45. The molecular weight excluding hydrogens is 238 g/mol. The van der Waals surface area contributed by atoms with E-state index in [1.54, 1.807) is 0 Å². The van der Waals surface area contributed by atoms with E-state index in [0.717, 1.165) is 36.4 Å². The standard InChI is InChI=1S/C15H23N3O/c1-4-8-15(3,19)11-16-10-13-12(2)17-14-7-5-6-9-18(13)14/h5-7,9,16,19H,4,8,10-11H2,1-3H3. The van der Waals surface area contributed by atoms with Crippen LogP contribution in [0, 0.1) is 6.92 Å². The van der Waals surface area contributed by atoms with Crippen LogP contribution < -0.4 is 5.32 Å². The zero-order valence-corrected chi connectivity index (χ0v) is 12.0. The van der Waals surface area contributed by atoms with Crippen LogP contribution >= 0.6 is 0 Å². The second kappa shape index (κ2) is 5.72. The van der Waals surface area contributed by atoms with Gasteiger partial charge in [0.05, 0.1) is 17.0 Å². The summed E-state index contributed by atoms with van der Waals surface area (Å²) in [5.74, 6) is 0. The van der Waals surface area contributed by atoms with Crippen molar-refractivity contribution in [3.8, 4) is 0 Å². The fourth-order valence-corrected chi connectivity index (χ4v) is 2.45. The highest BCUT2D eigenvalue weighted by molar-refractivity contribution is 5.42. The van der Waals surface area contributed by atoms with E-state index in [4.69, 9.17) is 0 Å². The molecule has 0 fully saturated rings. The molecular formula is C15H23N3O. The number of nitrogens with zero attached hydrogens (tertiary/aromatic N) is 2. The third-order valence-electron chi connectivity index (χ3n) is 3.42. The van der Waals surface area contributed by atoms with Crippen molar-refractivity contribution in [2.45, 2.75) is 45.8 Å². The highest BCUT2D eigenvalue weighted by Gasteiger charge is 2.18. The van der Waals surface area contributed by atoms with Crippen molar-refractivity contribution in [3.63, 3.8) is 0 Å². The second-order valence-corrected chi connectivity index (χ2v) is 5.42. The minimum Gasteiger partial charge on any atom is -0.389 e. The lowest BCUT2D eigenvalue weighted by molar-refractivity contribution is 0.0497. The molecule has 2 heterocycles. The minimum atomic E-state index is -0.636. The minimum absolute atomic E-state index is 0.598. The number of pyridine rings is 1. The molecule has 0 amide bonds. The van der Waals surface area contributed by atoms with E-state index in [9.17, 15) is 5.11 Å². The number of hydrogen-bond acceptors (Lipinski definition) is 3. The van der Waals surface area contributed by atoms with Crippen LogP contribution in [-0.2, 0) is 6.54 Å². The third-order valence-corrected chi connectivity index (χ3v) is 3.42. The molecule has 0 aliphatic rings. The van der Waals surface area contributed by atoms with Gasteiger partial charge in [0, 0.05) is 19.3 Å². The molecule has 0 aromatic carbocycles. The maximum Gasteiger partial charge on any atom is 0.137 e. The SMILES string of the molecule is CCCC(C)(O)CNCc1c(C)nc2ccccn12. The molecule has 0 aliphatic heterocycles. The van der Waals surface area contributed by atoms with Gasteiger partial charge in [0.1, 0.15) is 5.65 Å². The predicted octanol–water partition coefficient (Wildman–Crippen LogP) is 2.28. The first-order valence-corrected chi connectivity index (χ1v) is 6.89. The second-order valence-electron chi connectivity index (χ2n) is 5.42. The summed E-state index contributed by atoms with van der Waals surface area (Å²) in [6.07, 6.45) is 3.83. The summed E-state index contributed by atoms with van der Waals surface area (Å²) in [7, 11) is 0. The number of hydrogen-bond donors (Lipinski definition) is 2. The van der Waals surface area contributed by atoms with Crippen molar-refractivity contribution in [1.29, 1.82) is 0 Å². The van der Waals surface area contributed by atoms with E-state index < -0.39 is 5.60 Å². The number of aryl methyl sites for hydroxylation is 1. The van der Waals surface area contributed by atoms with E-state index in [0.29, 0.717) is 6.54 Å². The molecule has 104 valence electrons. The Labute approximate surface area is 114 Å². The van der Waals surface area contributed by atoms with Gasteiger partial charge in [0.2, 0.25) is 0 Å². The maximum atomic E-state index is 10.1. The van der Waals surface area contributed by atoms with Gasteiger partial charge in [-0.1, -0.05) is 19.4 Å². The summed E-state index contributed by atoms with van der Waals surface area (Å²) in [5.41, 5.74) is 2.53. The third kappa shape index (κ3) is 3.33. The van der Waals surface area contributed by atoms with Gasteiger partial charge in [-0.05, 0) is 32.4 Å². The summed E-state index contributed by atoms with van der Waals surface area (Å²) in [5, 5.41) is 13.5. The van der Waals surface area contributed by atoms with Gasteiger partial charge in [-0.3, -0.25) is 0 Å². The molecule has 2 rings (SSSR count). The Balaban J connectivity index is 2.04. The van der Waals surface area contributed by atoms with E-state index in [1.165, 1.54) is 0 Å². The molecule has 1 unspecified atom stereocenters. The zero-order chi connectivity index (χ0) is 13.9. The lowest BCUT2D eigenvalue weighted by atomic mass is 10.0. The van der Waals surface area contributed by atoms with Gasteiger partial charge in [-0.2, -0.15) is 0 Å². The van der Waals surface area contributed by atoms with Gasteiger partial charge in [0.25, 0.3) is 0 Å². The van der Waals surface area contributed by atoms with Gasteiger partial charge >= 0.3 is 0 Å². The van der Waals surface area contributed by atoms with E-state index >= 15 is 0 Å². The number of aliphatic hydroxyl groups is 1. The van der Waals surface area contributed by atoms with Crippen LogP contribution in [0.1, 0.15) is 38.1 Å². The summed E-state index contributed by atoms with van der Waals surface area (Å²) < 4.78 is 2.09. The number of nitrogens with one attached hydrogen (secondary N) is 1. The molecule has 4 heteroatoms. The molecule has 0 bridgehead atoms. The first-order chi connectivity index (χ1) is 9.03. The molecule has 2 N–H and O–H groups in total. The Morgan fingerprint density at radius 3 is 2.95 bits per heavy atom.